The van der Waals surface area contributed by atoms with Crippen LogP contribution in [0.25, 0.3) is 22.2 Å². The van der Waals surface area contributed by atoms with Crippen LogP contribution in [0.4, 0.5) is 0 Å². The van der Waals surface area contributed by atoms with Crippen molar-refractivity contribution < 1.29 is 4.79 Å². The van der Waals surface area contributed by atoms with Crippen LogP contribution < -0.4 is 0 Å². The van der Waals surface area contributed by atoms with Crippen molar-refractivity contribution in [3.8, 4) is 11.3 Å². The third-order valence-corrected chi connectivity index (χ3v) is 6.68. The molecule has 0 unspecified atom stereocenters. The van der Waals surface area contributed by atoms with Crippen LogP contribution in [-0.2, 0) is 17.9 Å². The third kappa shape index (κ3) is 3.31. The van der Waals surface area contributed by atoms with Crippen molar-refractivity contribution >= 4 is 29.1 Å². The summed E-state index contributed by atoms with van der Waals surface area (Å²) >= 11 is 1.79. The summed E-state index contributed by atoms with van der Waals surface area (Å²) in [5.41, 5.74) is 4.62. The number of hydrogen-bond acceptors (Lipinski definition) is 4. The lowest BCUT2D eigenvalue weighted by Gasteiger charge is -2.20. The quantitative estimate of drug-likeness (QED) is 0.422. The number of hydrogen-bond donors (Lipinski definition) is 0. The van der Waals surface area contributed by atoms with Crippen molar-refractivity contribution in [3.63, 3.8) is 0 Å². The van der Waals surface area contributed by atoms with Gasteiger partial charge in [0.1, 0.15) is 5.69 Å². The lowest BCUT2D eigenvalue weighted by atomic mass is 10.0. The summed E-state index contributed by atoms with van der Waals surface area (Å²) in [4.78, 5) is 17.7. The molecule has 28 heavy (non-hydrogen) atoms. The van der Waals surface area contributed by atoms with Gasteiger partial charge in [0.15, 0.2) is 0 Å². The molecule has 1 amide bonds. The van der Waals surface area contributed by atoms with Crippen LogP contribution >= 0.6 is 11.8 Å². The van der Waals surface area contributed by atoms with Crippen molar-refractivity contribution in [1.29, 1.82) is 0 Å². The molecule has 0 spiro atoms. The summed E-state index contributed by atoms with van der Waals surface area (Å²) in [6.45, 7) is 8.97. The molecule has 0 aliphatic carbocycles. The van der Waals surface area contributed by atoms with Crippen LogP contribution in [0, 0.1) is 0 Å². The van der Waals surface area contributed by atoms with Crippen molar-refractivity contribution in [2.45, 2.75) is 36.7 Å². The number of benzene rings is 2. The first-order valence-corrected chi connectivity index (χ1v) is 10.7. The molecular weight excluding hydrogens is 368 g/mol. The standard InChI is InChI=1S/C22H26N4OS/c1-4-25(5-2)12-13-26-18-11-10-16(14-24(3)15-27)22-20(18)21(23-26)17-8-6-7-9-19(17)28-22/h6-11,15H,4-5,12-14H2,1-3H3. The summed E-state index contributed by atoms with van der Waals surface area (Å²) in [6.07, 6.45) is 0.882. The molecule has 1 aliphatic heterocycles. The van der Waals surface area contributed by atoms with Crippen LogP contribution in [0.15, 0.2) is 46.2 Å². The van der Waals surface area contributed by atoms with Gasteiger partial charge in [-0.2, -0.15) is 5.10 Å². The van der Waals surface area contributed by atoms with E-state index < -0.39 is 0 Å². The monoisotopic (exact) mass is 394 g/mol. The summed E-state index contributed by atoms with van der Waals surface area (Å²) in [7, 11) is 1.82. The van der Waals surface area contributed by atoms with Gasteiger partial charge in [0.25, 0.3) is 0 Å². The van der Waals surface area contributed by atoms with Gasteiger partial charge >= 0.3 is 0 Å². The minimum Gasteiger partial charge on any atom is -0.344 e. The van der Waals surface area contributed by atoms with Crippen molar-refractivity contribution in [1.82, 2.24) is 19.6 Å². The molecule has 0 saturated carbocycles. The highest BCUT2D eigenvalue weighted by molar-refractivity contribution is 7.99. The fourth-order valence-corrected chi connectivity index (χ4v) is 5.04. The molecule has 0 radical (unpaired) electrons. The molecule has 6 heteroatoms. The molecule has 146 valence electrons. The Hall–Kier alpha value is -2.31. The Labute approximate surface area is 170 Å². The molecule has 2 heterocycles. The predicted molar refractivity (Wildman–Crippen MR) is 115 cm³/mol. The van der Waals surface area contributed by atoms with E-state index in [4.69, 9.17) is 5.10 Å². The average Bonchev–Trinajstić information content (AvgIpc) is 3.10. The van der Waals surface area contributed by atoms with E-state index in [0.717, 1.165) is 38.3 Å². The fourth-order valence-electron chi connectivity index (χ4n) is 3.83. The highest BCUT2D eigenvalue weighted by atomic mass is 32.2. The van der Waals surface area contributed by atoms with Crippen molar-refractivity contribution in [2.75, 3.05) is 26.7 Å². The molecule has 1 aromatic heterocycles. The number of fused-ring (bicyclic) bond motifs is 2. The predicted octanol–water partition coefficient (Wildman–Crippen LogP) is 4.10. The van der Waals surface area contributed by atoms with Gasteiger partial charge in [0.2, 0.25) is 6.41 Å². The van der Waals surface area contributed by atoms with Gasteiger partial charge < -0.3 is 9.80 Å². The van der Waals surface area contributed by atoms with Crippen LogP contribution in [0.3, 0.4) is 0 Å². The van der Waals surface area contributed by atoms with Gasteiger partial charge in [-0.05, 0) is 30.8 Å². The topological polar surface area (TPSA) is 41.4 Å². The van der Waals surface area contributed by atoms with Gasteiger partial charge in [-0.1, -0.05) is 49.9 Å². The molecule has 2 aromatic carbocycles. The number of nitrogens with zero attached hydrogens (tertiary/aromatic N) is 4. The highest BCUT2D eigenvalue weighted by Crippen LogP contribution is 2.48. The zero-order valence-electron chi connectivity index (χ0n) is 16.7. The van der Waals surface area contributed by atoms with E-state index >= 15 is 0 Å². The molecular formula is C22H26N4OS. The lowest BCUT2D eigenvalue weighted by molar-refractivity contribution is -0.117. The minimum absolute atomic E-state index is 0.605. The van der Waals surface area contributed by atoms with Gasteiger partial charge in [0.05, 0.1) is 12.1 Å². The summed E-state index contributed by atoms with van der Waals surface area (Å²) < 4.78 is 2.16. The van der Waals surface area contributed by atoms with E-state index in [1.807, 2.05) is 7.05 Å². The third-order valence-electron chi connectivity index (χ3n) is 5.43. The second-order valence-corrected chi connectivity index (χ2v) is 8.22. The summed E-state index contributed by atoms with van der Waals surface area (Å²) in [5, 5.41) is 6.26. The van der Waals surface area contributed by atoms with E-state index in [0.29, 0.717) is 6.54 Å². The molecule has 1 aliphatic rings. The minimum atomic E-state index is 0.605. The lowest BCUT2D eigenvalue weighted by Crippen LogP contribution is -2.27. The van der Waals surface area contributed by atoms with Gasteiger partial charge in [0, 0.05) is 40.9 Å². The molecule has 0 atom stereocenters. The SMILES string of the molecule is CCN(CC)CCn1nc2c3c(c(CN(C)C=O)ccc31)Sc1ccccc1-2. The van der Waals surface area contributed by atoms with Crippen LogP contribution in [0.1, 0.15) is 19.4 Å². The van der Waals surface area contributed by atoms with E-state index in [1.165, 1.54) is 31.8 Å². The Morgan fingerprint density at radius 1 is 1.14 bits per heavy atom. The molecule has 5 nitrogen and oxygen atoms in total. The van der Waals surface area contributed by atoms with E-state index in [9.17, 15) is 4.79 Å². The van der Waals surface area contributed by atoms with Crippen molar-refractivity contribution in [2.24, 2.45) is 0 Å². The Morgan fingerprint density at radius 2 is 1.93 bits per heavy atom. The maximum absolute atomic E-state index is 11.2. The van der Waals surface area contributed by atoms with Crippen molar-refractivity contribution in [3.05, 3.63) is 42.0 Å². The van der Waals surface area contributed by atoms with Gasteiger partial charge in [-0.15, -0.1) is 0 Å². The normalized spacial score (nSPS) is 12.4. The summed E-state index contributed by atoms with van der Waals surface area (Å²) in [5.74, 6) is 0. The average molecular weight is 395 g/mol. The van der Waals surface area contributed by atoms with Crippen LogP contribution in [0.2, 0.25) is 0 Å². The summed E-state index contributed by atoms with van der Waals surface area (Å²) in [6, 6.07) is 12.8. The second kappa shape index (κ2) is 7.97. The van der Waals surface area contributed by atoms with E-state index in [1.54, 1.807) is 16.7 Å². The second-order valence-electron chi connectivity index (χ2n) is 7.17. The van der Waals surface area contributed by atoms with E-state index in [-0.39, 0.29) is 0 Å². The zero-order valence-corrected chi connectivity index (χ0v) is 17.5. The largest absolute Gasteiger partial charge is 0.344 e. The molecule has 0 saturated heterocycles. The van der Waals surface area contributed by atoms with Gasteiger partial charge in [-0.25, -0.2) is 0 Å². The van der Waals surface area contributed by atoms with Crippen LogP contribution in [-0.4, -0.2) is 52.7 Å². The van der Waals surface area contributed by atoms with E-state index in [2.05, 4.69) is 59.8 Å². The Balaban J connectivity index is 1.83. The Bertz CT molecular complexity index is 1010. The first-order valence-electron chi connectivity index (χ1n) is 9.83. The first kappa shape index (κ1) is 19.0. The number of amides is 1. The maximum Gasteiger partial charge on any atom is 0.209 e. The Morgan fingerprint density at radius 3 is 2.68 bits per heavy atom. The molecule has 0 bridgehead atoms. The Kier molecular flexibility index (Phi) is 5.42. The number of aromatic nitrogens is 2. The number of likely N-dealkylation sites (N-methyl/N-ethyl adjacent to an activating group) is 1. The smallest absolute Gasteiger partial charge is 0.209 e. The maximum atomic E-state index is 11.2. The molecule has 0 N–H and O–H groups in total. The first-order chi connectivity index (χ1) is 13.7. The van der Waals surface area contributed by atoms with Crippen LogP contribution in [0.5, 0.6) is 0 Å². The molecule has 3 aromatic rings. The molecule has 0 fully saturated rings. The number of carbonyl (C=O) groups excluding carboxylic acids is 1. The zero-order chi connectivity index (χ0) is 19.7. The number of rotatable bonds is 8. The number of carbonyl (C=O) groups is 1. The van der Waals surface area contributed by atoms with Gasteiger partial charge in [-0.3, -0.25) is 9.48 Å². The fraction of sp³-hybridized carbons (Fsp3) is 0.364. The molecule has 4 rings (SSSR count). The highest BCUT2D eigenvalue weighted by Gasteiger charge is 2.26.